The summed E-state index contributed by atoms with van der Waals surface area (Å²) in [5.41, 5.74) is 3.65. The molecule has 0 spiro atoms. The van der Waals surface area contributed by atoms with E-state index in [4.69, 9.17) is 0 Å². The Balaban J connectivity index is 1.97. The number of rotatable bonds is 4. The minimum Gasteiger partial charge on any atom is -0.341 e. The summed E-state index contributed by atoms with van der Waals surface area (Å²) in [6.45, 7) is 1.71. The number of fused-ring (bicyclic) bond motifs is 1. The van der Waals surface area contributed by atoms with E-state index in [0.717, 1.165) is 18.8 Å². The Morgan fingerprint density at radius 2 is 2.11 bits per heavy atom. The van der Waals surface area contributed by atoms with Gasteiger partial charge in [0.25, 0.3) is 0 Å². The van der Waals surface area contributed by atoms with Crippen molar-refractivity contribution in [2.45, 2.75) is 13.1 Å². The van der Waals surface area contributed by atoms with Gasteiger partial charge in [-0.25, -0.2) is 0 Å². The van der Waals surface area contributed by atoms with Crippen LogP contribution >= 0.6 is 0 Å². The molecule has 3 aromatic rings. The molecule has 0 bridgehead atoms. The van der Waals surface area contributed by atoms with Gasteiger partial charge in [-0.3, -0.25) is 4.98 Å². The lowest BCUT2D eigenvalue weighted by atomic mass is 10.1. The molecule has 0 saturated carbocycles. The van der Waals surface area contributed by atoms with Crippen LogP contribution in [0.4, 0.5) is 0 Å². The zero-order chi connectivity index (χ0) is 13.1. The highest BCUT2D eigenvalue weighted by Crippen LogP contribution is 2.18. The second-order valence-electron chi connectivity index (χ2n) is 4.69. The number of benzene rings is 1. The zero-order valence-corrected chi connectivity index (χ0v) is 11.0. The number of aromatic nitrogens is 2. The van der Waals surface area contributed by atoms with E-state index in [1.165, 1.54) is 16.5 Å². The van der Waals surface area contributed by atoms with Crippen molar-refractivity contribution < 1.29 is 0 Å². The molecule has 1 N–H and O–H groups in total. The van der Waals surface area contributed by atoms with E-state index >= 15 is 0 Å². The summed E-state index contributed by atoms with van der Waals surface area (Å²) < 4.78 is 2.25. The molecule has 3 nitrogen and oxygen atoms in total. The molecule has 0 amide bonds. The van der Waals surface area contributed by atoms with Crippen molar-refractivity contribution in [1.29, 1.82) is 0 Å². The molecule has 0 fully saturated rings. The van der Waals surface area contributed by atoms with Crippen molar-refractivity contribution in [3.63, 3.8) is 0 Å². The first-order chi connectivity index (χ1) is 9.36. The molecular weight excluding hydrogens is 234 g/mol. The van der Waals surface area contributed by atoms with Crippen molar-refractivity contribution in [1.82, 2.24) is 14.9 Å². The first-order valence-corrected chi connectivity index (χ1v) is 6.49. The molecule has 2 heterocycles. The average molecular weight is 251 g/mol. The molecule has 3 rings (SSSR count). The summed E-state index contributed by atoms with van der Waals surface area (Å²) in [5, 5.41) is 4.46. The van der Waals surface area contributed by atoms with Crippen LogP contribution in [0.25, 0.3) is 10.9 Å². The molecule has 0 atom stereocenters. The van der Waals surface area contributed by atoms with Crippen LogP contribution in [0.2, 0.25) is 0 Å². The van der Waals surface area contributed by atoms with Crippen LogP contribution in [0.5, 0.6) is 0 Å². The summed E-state index contributed by atoms with van der Waals surface area (Å²) in [6.07, 6.45) is 3.97. The van der Waals surface area contributed by atoms with Gasteiger partial charge in [-0.1, -0.05) is 18.2 Å². The predicted molar refractivity (Wildman–Crippen MR) is 78.0 cm³/mol. The lowest BCUT2D eigenvalue weighted by Gasteiger charge is -2.06. The van der Waals surface area contributed by atoms with Crippen molar-refractivity contribution in [3.05, 3.63) is 66.1 Å². The third-order valence-electron chi connectivity index (χ3n) is 3.28. The summed E-state index contributed by atoms with van der Waals surface area (Å²) in [7, 11) is 1.97. The Hall–Kier alpha value is -2.13. The summed E-state index contributed by atoms with van der Waals surface area (Å²) in [6, 6.07) is 14.8. The maximum atomic E-state index is 4.39. The van der Waals surface area contributed by atoms with E-state index in [9.17, 15) is 0 Å². The molecule has 1 aromatic carbocycles. The van der Waals surface area contributed by atoms with Crippen LogP contribution in [0, 0.1) is 0 Å². The SMILES string of the molecule is CNCc1ccc2ccn(Cc3ccccn3)c2c1. The lowest BCUT2D eigenvalue weighted by molar-refractivity contribution is 0.800. The topological polar surface area (TPSA) is 29.9 Å². The quantitative estimate of drug-likeness (QED) is 0.772. The molecule has 0 aliphatic heterocycles. The molecule has 3 heteroatoms. The van der Waals surface area contributed by atoms with Crippen LogP contribution in [-0.2, 0) is 13.1 Å². The third kappa shape index (κ3) is 2.51. The molecule has 0 aliphatic rings. The van der Waals surface area contributed by atoms with Crippen LogP contribution < -0.4 is 5.32 Å². The second-order valence-corrected chi connectivity index (χ2v) is 4.69. The van der Waals surface area contributed by atoms with Gasteiger partial charge in [0.1, 0.15) is 0 Å². The van der Waals surface area contributed by atoms with Crippen LogP contribution in [0.15, 0.2) is 54.9 Å². The van der Waals surface area contributed by atoms with Gasteiger partial charge in [-0.2, -0.15) is 0 Å². The van der Waals surface area contributed by atoms with E-state index in [2.05, 4.69) is 51.4 Å². The highest BCUT2D eigenvalue weighted by molar-refractivity contribution is 5.80. The predicted octanol–water partition coefficient (Wildman–Crippen LogP) is 2.80. The number of nitrogens with zero attached hydrogens (tertiary/aromatic N) is 2. The van der Waals surface area contributed by atoms with Gasteiger partial charge >= 0.3 is 0 Å². The Bertz CT molecular complexity index is 671. The highest BCUT2D eigenvalue weighted by atomic mass is 15.0. The number of nitrogens with one attached hydrogen (secondary N) is 1. The fourth-order valence-electron chi connectivity index (χ4n) is 2.35. The van der Waals surface area contributed by atoms with Crippen molar-refractivity contribution in [2.24, 2.45) is 0 Å². The van der Waals surface area contributed by atoms with Crippen molar-refractivity contribution in [2.75, 3.05) is 7.05 Å². The first kappa shape index (κ1) is 11.9. The van der Waals surface area contributed by atoms with Crippen LogP contribution in [0.1, 0.15) is 11.3 Å². The Morgan fingerprint density at radius 1 is 1.16 bits per heavy atom. The van der Waals surface area contributed by atoms with E-state index in [0.29, 0.717) is 0 Å². The zero-order valence-electron chi connectivity index (χ0n) is 11.0. The summed E-state index contributed by atoms with van der Waals surface area (Å²) >= 11 is 0. The van der Waals surface area contributed by atoms with Crippen molar-refractivity contribution in [3.8, 4) is 0 Å². The van der Waals surface area contributed by atoms with Gasteiger partial charge in [0, 0.05) is 24.5 Å². The summed E-state index contributed by atoms with van der Waals surface area (Å²) in [5.74, 6) is 0. The van der Waals surface area contributed by atoms with Crippen molar-refractivity contribution >= 4 is 10.9 Å². The summed E-state index contributed by atoms with van der Waals surface area (Å²) in [4.78, 5) is 4.39. The first-order valence-electron chi connectivity index (χ1n) is 6.49. The fraction of sp³-hybridized carbons (Fsp3) is 0.188. The fourth-order valence-corrected chi connectivity index (χ4v) is 2.35. The second kappa shape index (κ2) is 5.24. The largest absolute Gasteiger partial charge is 0.341 e. The minimum absolute atomic E-state index is 0.813. The maximum absolute atomic E-state index is 4.39. The highest BCUT2D eigenvalue weighted by Gasteiger charge is 2.03. The van der Waals surface area contributed by atoms with E-state index in [1.54, 1.807) is 0 Å². The van der Waals surface area contributed by atoms with Crippen LogP contribution in [0.3, 0.4) is 0 Å². The average Bonchev–Trinajstić information content (AvgIpc) is 2.83. The molecule has 96 valence electrons. The molecular formula is C16H17N3. The molecule has 0 aliphatic carbocycles. The van der Waals surface area contributed by atoms with E-state index in [1.807, 2.05) is 25.4 Å². The normalized spacial score (nSPS) is 11.0. The molecule has 0 radical (unpaired) electrons. The van der Waals surface area contributed by atoms with E-state index in [-0.39, 0.29) is 0 Å². The number of hydrogen-bond acceptors (Lipinski definition) is 2. The molecule has 2 aromatic heterocycles. The molecule has 0 unspecified atom stereocenters. The lowest BCUT2D eigenvalue weighted by Crippen LogP contribution is -2.05. The third-order valence-corrected chi connectivity index (χ3v) is 3.28. The Labute approximate surface area is 112 Å². The van der Waals surface area contributed by atoms with Gasteiger partial charge in [0.05, 0.1) is 12.2 Å². The smallest absolute Gasteiger partial charge is 0.0648 e. The minimum atomic E-state index is 0.813. The maximum Gasteiger partial charge on any atom is 0.0648 e. The van der Waals surface area contributed by atoms with Crippen LogP contribution in [-0.4, -0.2) is 16.6 Å². The number of hydrogen-bond donors (Lipinski definition) is 1. The van der Waals surface area contributed by atoms with Gasteiger partial charge in [-0.05, 0) is 42.3 Å². The van der Waals surface area contributed by atoms with E-state index < -0.39 is 0 Å². The van der Waals surface area contributed by atoms with Gasteiger partial charge in [0.2, 0.25) is 0 Å². The van der Waals surface area contributed by atoms with Gasteiger partial charge in [0.15, 0.2) is 0 Å². The standard InChI is InChI=1S/C16H17N3/c1-17-11-13-5-6-14-7-9-19(16(14)10-13)12-15-4-2-3-8-18-15/h2-10,17H,11-12H2,1H3. The van der Waals surface area contributed by atoms with Gasteiger partial charge in [-0.15, -0.1) is 0 Å². The van der Waals surface area contributed by atoms with Gasteiger partial charge < -0.3 is 9.88 Å². The Morgan fingerprint density at radius 3 is 2.89 bits per heavy atom. The number of pyridine rings is 1. The monoisotopic (exact) mass is 251 g/mol. The Kier molecular flexibility index (Phi) is 3.29. The molecule has 0 saturated heterocycles. The molecule has 19 heavy (non-hydrogen) atoms.